The third kappa shape index (κ3) is 3.62. The number of non-ortho nitro benzene ring substituents is 1. The molecule has 0 aliphatic rings. The van der Waals surface area contributed by atoms with Crippen LogP contribution in [0.25, 0.3) is 11.5 Å². The largest absolute Gasteiger partial charge is 0.459 e. The fourth-order valence-corrected chi connectivity index (χ4v) is 1.52. The van der Waals surface area contributed by atoms with Crippen molar-refractivity contribution in [3.63, 3.8) is 0 Å². The number of unbranched alkanes of at least 4 members (excludes halogenated alkanes) is 1. The molecule has 2 rings (SSSR count). The summed E-state index contributed by atoms with van der Waals surface area (Å²) in [5.41, 5.74) is 0.443. The third-order valence-electron chi connectivity index (χ3n) is 2.66. The van der Waals surface area contributed by atoms with E-state index in [0.29, 0.717) is 12.2 Å². The Morgan fingerprint density at radius 3 is 2.67 bits per heavy atom. The zero-order valence-corrected chi connectivity index (χ0v) is 11.3. The molecular formula is C13H13N3O5. The number of nitro groups is 1. The Kier molecular flexibility index (Phi) is 4.60. The van der Waals surface area contributed by atoms with E-state index in [2.05, 4.69) is 10.2 Å². The summed E-state index contributed by atoms with van der Waals surface area (Å²) in [4.78, 5) is 21.7. The Bertz CT molecular complexity index is 636. The topological polar surface area (TPSA) is 108 Å². The number of ether oxygens (including phenoxy) is 1. The van der Waals surface area contributed by atoms with Gasteiger partial charge in [-0.15, -0.1) is 10.2 Å². The quantitative estimate of drug-likeness (QED) is 0.348. The van der Waals surface area contributed by atoms with Crippen molar-refractivity contribution in [2.75, 3.05) is 6.61 Å². The average Bonchev–Trinajstić information content (AvgIpc) is 2.97. The van der Waals surface area contributed by atoms with E-state index in [4.69, 9.17) is 9.15 Å². The van der Waals surface area contributed by atoms with Gasteiger partial charge in [0.2, 0.25) is 5.89 Å². The van der Waals surface area contributed by atoms with E-state index < -0.39 is 10.9 Å². The van der Waals surface area contributed by atoms with E-state index in [9.17, 15) is 14.9 Å². The molecule has 2 aromatic rings. The van der Waals surface area contributed by atoms with Crippen LogP contribution in [0.15, 0.2) is 28.7 Å². The molecule has 0 N–H and O–H groups in total. The van der Waals surface area contributed by atoms with E-state index in [1.54, 1.807) is 0 Å². The minimum absolute atomic E-state index is 0.0440. The lowest BCUT2D eigenvalue weighted by Gasteiger charge is -1.99. The highest BCUT2D eigenvalue weighted by Gasteiger charge is 2.17. The molecule has 8 nitrogen and oxygen atoms in total. The zero-order valence-electron chi connectivity index (χ0n) is 11.3. The van der Waals surface area contributed by atoms with Gasteiger partial charge in [0.25, 0.3) is 5.69 Å². The third-order valence-corrected chi connectivity index (χ3v) is 2.66. The maximum Gasteiger partial charge on any atom is 0.396 e. The van der Waals surface area contributed by atoms with Crippen LogP contribution >= 0.6 is 0 Å². The van der Waals surface area contributed by atoms with Crippen molar-refractivity contribution in [3.8, 4) is 11.5 Å². The fraction of sp³-hybridized carbons (Fsp3) is 0.308. The Labute approximate surface area is 119 Å². The van der Waals surface area contributed by atoms with Crippen molar-refractivity contribution < 1.29 is 18.9 Å². The van der Waals surface area contributed by atoms with Crippen LogP contribution in [-0.2, 0) is 4.74 Å². The van der Waals surface area contributed by atoms with E-state index in [0.717, 1.165) is 12.8 Å². The number of hydrogen-bond acceptors (Lipinski definition) is 7. The highest BCUT2D eigenvalue weighted by molar-refractivity contribution is 5.84. The van der Waals surface area contributed by atoms with Crippen molar-refractivity contribution >= 4 is 11.7 Å². The van der Waals surface area contributed by atoms with Crippen LogP contribution in [0.1, 0.15) is 30.5 Å². The van der Waals surface area contributed by atoms with Crippen molar-refractivity contribution in [2.24, 2.45) is 0 Å². The summed E-state index contributed by atoms with van der Waals surface area (Å²) in [7, 11) is 0. The van der Waals surface area contributed by atoms with Crippen LogP contribution in [0, 0.1) is 10.1 Å². The minimum Gasteiger partial charge on any atom is -0.459 e. The molecule has 1 aromatic heterocycles. The summed E-state index contributed by atoms with van der Waals surface area (Å²) in [5, 5.41) is 17.9. The number of carbonyl (C=O) groups excluding carboxylic acids is 1. The van der Waals surface area contributed by atoms with Gasteiger partial charge in [0.05, 0.1) is 11.5 Å². The van der Waals surface area contributed by atoms with Crippen molar-refractivity contribution in [1.29, 1.82) is 0 Å². The van der Waals surface area contributed by atoms with Gasteiger partial charge < -0.3 is 9.15 Å². The number of rotatable bonds is 6. The summed E-state index contributed by atoms with van der Waals surface area (Å²) >= 11 is 0. The molecule has 0 aliphatic heterocycles. The van der Waals surface area contributed by atoms with Gasteiger partial charge in [0, 0.05) is 17.7 Å². The van der Waals surface area contributed by atoms with Crippen molar-refractivity contribution in [1.82, 2.24) is 10.2 Å². The van der Waals surface area contributed by atoms with Crippen LogP contribution in [0.3, 0.4) is 0 Å². The van der Waals surface area contributed by atoms with Crippen molar-refractivity contribution in [3.05, 3.63) is 40.3 Å². The number of carbonyl (C=O) groups is 1. The van der Waals surface area contributed by atoms with Crippen LogP contribution in [0.2, 0.25) is 0 Å². The molecule has 21 heavy (non-hydrogen) atoms. The molecule has 0 amide bonds. The van der Waals surface area contributed by atoms with Crippen molar-refractivity contribution in [2.45, 2.75) is 19.8 Å². The molecule has 0 saturated heterocycles. The molecule has 0 radical (unpaired) electrons. The molecule has 0 aliphatic carbocycles. The highest BCUT2D eigenvalue weighted by Crippen LogP contribution is 2.21. The van der Waals surface area contributed by atoms with Gasteiger partial charge in [0.1, 0.15) is 0 Å². The summed E-state index contributed by atoms with van der Waals surface area (Å²) in [5.74, 6) is -0.809. The van der Waals surface area contributed by atoms with Gasteiger partial charge in [-0.1, -0.05) is 13.3 Å². The molecule has 0 saturated carbocycles. The number of hydrogen-bond donors (Lipinski definition) is 0. The predicted octanol–water partition coefficient (Wildman–Crippen LogP) is 2.60. The van der Waals surface area contributed by atoms with E-state index in [-0.39, 0.29) is 17.5 Å². The minimum atomic E-state index is -0.677. The number of nitrogens with zero attached hydrogens (tertiary/aromatic N) is 3. The van der Waals surface area contributed by atoms with Gasteiger partial charge in [-0.2, -0.15) is 0 Å². The zero-order chi connectivity index (χ0) is 15.2. The maximum atomic E-state index is 11.6. The van der Waals surface area contributed by atoms with Crippen LogP contribution in [0.5, 0.6) is 0 Å². The molecule has 0 atom stereocenters. The summed E-state index contributed by atoms with van der Waals surface area (Å²) in [6.45, 7) is 2.28. The summed E-state index contributed by atoms with van der Waals surface area (Å²) in [6.07, 6.45) is 1.67. The fourth-order valence-electron chi connectivity index (χ4n) is 1.52. The van der Waals surface area contributed by atoms with Crippen LogP contribution < -0.4 is 0 Å². The van der Waals surface area contributed by atoms with Gasteiger partial charge in [-0.25, -0.2) is 4.79 Å². The Morgan fingerprint density at radius 1 is 1.33 bits per heavy atom. The number of aromatic nitrogens is 2. The van der Waals surface area contributed by atoms with Gasteiger partial charge in [-0.05, 0) is 18.6 Å². The SMILES string of the molecule is CCCCOC(=O)c1nnc(-c2ccc([N+](=O)[O-])cc2)o1. The lowest BCUT2D eigenvalue weighted by molar-refractivity contribution is -0.384. The number of esters is 1. The second-order valence-corrected chi connectivity index (χ2v) is 4.21. The summed E-state index contributed by atoms with van der Waals surface area (Å²) < 4.78 is 10.1. The first-order valence-corrected chi connectivity index (χ1v) is 6.37. The molecule has 0 unspecified atom stereocenters. The summed E-state index contributed by atoms with van der Waals surface area (Å²) in [6, 6.07) is 5.58. The van der Waals surface area contributed by atoms with Crippen LogP contribution in [0.4, 0.5) is 5.69 Å². The highest BCUT2D eigenvalue weighted by atomic mass is 16.6. The molecule has 0 bridgehead atoms. The monoisotopic (exact) mass is 291 g/mol. The molecule has 110 valence electrons. The smallest absolute Gasteiger partial charge is 0.396 e. The average molecular weight is 291 g/mol. The first kappa shape index (κ1) is 14.6. The lowest BCUT2D eigenvalue weighted by Crippen LogP contribution is -2.06. The Balaban J connectivity index is 2.08. The molecule has 8 heteroatoms. The van der Waals surface area contributed by atoms with Crippen LogP contribution in [-0.4, -0.2) is 27.7 Å². The number of benzene rings is 1. The number of nitro benzene ring substituents is 1. The molecule has 1 heterocycles. The van der Waals surface area contributed by atoms with Gasteiger partial charge in [-0.3, -0.25) is 10.1 Å². The second kappa shape index (κ2) is 6.60. The molecule has 0 fully saturated rings. The predicted molar refractivity (Wildman–Crippen MR) is 71.6 cm³/mol. The maximum absolute atomic E-state index is 11.6. The Morgan fingerprint density at radius 2 is 2.05 bits per heavy atom. The van der Waals surface area contributed by atoms with E-state index in [1.165, 1.54) is 24.3 Å². The molecule has 0 spiro atoms. The van der Waals surface area contributed by atoms with E-state index in [1.807, 2.05) is 6.92 Å². The first-order chi connectivity index (χ1) is 10.1. The Hall–Kier alpha value is -2.77. The van der Waals surface area contributed by atoms with Gasteiger partial charge in [0.15, 0.2) is 0 Å². The standard InChI is InChI=1S/C13H13N3O5/c1-2-3-8-20-13(17)12-15-14-11(21-12)9-4-6-10(7-5-9)16(18)19/h4-7H,2-3,8H2,1H3. The normalized spacial score (nSPS) is 10.3. The van der Waals surface area contributed by atoms with E-state index >= 15 is 0 Å². The second-order valence-electron chi connectivity index (χ2n) is 4.21. The molecule has 1 aromatic carbocycles. The first-order valence-electron chi connectivity index (χ1n) is 6.37. The van der Waals surface area contributed by atoms with Gasteiger partial charge >= 0.3 is 11.9 Å². The lowest BCUT2D eigenvalue weighted by atomic mass is 10.2. The molecular weight excluding hydrogens is 278 g/mol.